The molecule has 0 spiro atoms. The molecular weight excluding hydrogens is 262 g/mol. The maximum absolute atomic E-state index is 12.0. The third kappa shape index (κ3) is 5.01. The molecule has 1 amide bonds. The Bertz CT molecular complexity index is 494. The minimum atomic E-state index is -0.0263. The quantitative estimate of drug-likeness (QED) is 0.836. The van der Waals surface area contributed by atoms with E-state index in [1.165, 1.54) is 11.1 Å². The molecule has 3 nitrogen and oxygen atoms in total. The normalized spacial score (nSPS) is 22.4. The number of rotatable bonds is 4. The first kappa shape index (κ1) is 15.8. The molecule has 2 rings (SSSR count). The van der Waals surface area contributed by atoms with Gasteiger partial charge in [-0.25, -0.2) is 0 Å². The molecule has 1 aliphatic rings. The third-order valence-electron chi connectivity index (χ3n) is 4.12. The van der Waals surface area contributed by atoms with Crippen LogP contribution in [0.4, 0.5) is 0 Å². The molecule has 1 aromatic rings. The smallest absolute Gasteiger partial charge is 0.244 e. The van der Waals surface area contributed by atoms with Gasteiger partial charge in [0, 0.05) is 18.7 Å². The molecule has 1 aromatic carbocycles. The van der Waals surface area contributed by atoms with Crippen LogP contribution in [0, 0.1) is 19.8 Å². The van der Waals surface area contributed by atoms with E-state index in [2.05, 4.69) is 37.4 Å². The molecular formula is C18H25NO2. The van der Waals surface area contributed by atoms with E-state index in [1.54, 1.807) is 6.08 Å². The summed E-state index contributed by atoms with van der Waals surface area (Å²) < 4.78 is 0. The Kier molecular flexibility index (Phi) is 5.57. The van der Waals surface area contributed by atoms with Crippen molar-refractivity contribution in [1.82, 2.24) is 5.32 Å². The highest BCUT2D eigenvalue weighted by Gasteiger charge is 2.21. The summed E-state index contributed by atoms with van der Waals surface area (Å²) in [6.07, 6.45) is 7.42. The summed E-state index contributed by atoms with van der Waals surface area (Å²) in [5, 5.41) is 12.2. The summed E-state index contributed by atoms with van der Waals surface area (Å²) in [6.45, 7) is 4.39. The van der Waals surface area contributed by atoms with E-state index in [0.29, 0.717) is 5.92 Å². The van der Waals surface area contributed by atoms with Crippen LogP contribution in [-0.2, 0) is 4.79 Å². The lowest BCUT2D eigenvalue weighted by Gasteiger charge is -2.27. The fourth-order valence-electron chi connectivity index (χ4n) is 3.02. The van der Waals surface area contributed by atoms with Crippen molar-refractivity contribution in [3.05, 3.63) is 41.0 Å². The lowest BCUT2D eigenvalue weighted by Crippen LogP contribution is -2.37. The molecule has 0 aromatic heterocycles. The van der Waals surface area contributed by atoms with Crippen molar-refractivity contribution in [3.63, 3.8) is 0 Å². The van der Waals surface area contributed by atoms with Crippen molar-refractivity contribution < 1.29 is 9.90 Å². The molecule has 0 bridgehead atoms. The highest BCUT2D eigenvalue weighted by atomic mass is 16.3. The second-order valence-electron chi connectivity index (χ2n) is 6.16. The summed E-state index contributed by atoms with van der Waals surface area (Å²) in [7, 11) is 0. The summed E-state index contributed by atoms with van der Waals surface area (Å²) >= 11 is 0. The Morgan fingerprint density at radius 2 is 1.81 bits per heavy atom. The Morgan fingerprint density at radius 1 is 1.19 bits per heavy atom. The van der Waals surface area contributed by atoms with Crippen LogP contribution in [0.25, 0.3) is 6.08 Å². The predicted octanol–water partition coefficient (Wildman–Crippen LogP) is 2.98. The van der Waals surface area contributed by atoms with Gasteiger partial charge in [0.25, 0.3) is 0 Å². The molecule has 114 valence electrons. The van der Waals surface area contributed by atoms with E-state index in [4.69, 9.17) is 5.11 Å². The summed E-state index contributed by atoms with van der Waals surface area (Å²) in [5.74, 6) is 0.394. The van der Waals surface area contributed by atoms with Gasteiger partial charge in [-0.2, -0.15) is 0 Å². The molecule has 0 radical (unpaired) electrons. The fraction of sp³-hybridized carbons (Fsp3) is 0.500. The molecule has 2 N–H and O–H groups in total. The first-order chi connectivity index (χ1) is 10.1. The first-order valence-corrected chi connectivity index (χ1v) is 7.74. The van der Waals surface area contributed by atoms with Crippen LogP contribution in [0.1, 0.15) is 42.4 Å². The summed E-state index contributed by atoms with van der Waals surface area (Å²) in [4.78, 5) is 12.0. The zero-order valence-electron chi connectivity index (χ0n) is 12.9. The minimum absolute atomic E-state index is 0.0263. The fourth-order valence-corrected chi connectivity index (χ4v) is 3.02. The molecule has 0 heterocycles. The SMILES string of the molecule is Cc1cc(C)cc(/C=C/C(=O)NC2CCC(CO)CC2)c1. The van der Waals surface area contributed by atoms with Crippen molar-refractivity contribution in [2.45, 2.75) is 45.6 Å². The van der Waals surface area contributed by atoms with Crippen LogP contribution in [0.2, 0.25) is 0 Å². The van der Waals surface area contributed by atoms with Gasteiger partial charge < -0.3 is 10.4 Å². The molecule has 1 aliphatic carbocycles. The van der Waals surface area contributed by atoms with Crippen molar-refractivity contribution in [2.75, 3.05) is 6.61 Å². The second kappa shape index (κ2) is 7.41. The van der Waals surface area contributed by atoms with Gasteiger partial charge in [-0.15, -0.1) is 0 Å². The Hall–Kier alpha value is -1.61. The maximum Gasteiger partial charge on any atom is 0.244 e. The van der Waals surface area contributed by atoms with E-state index in [-0.39, 0.29) is 18.6 Å². The van der Waals surface area contributed by atoms with E-state index in [1.807, 2.05) is 6.08 Å². The van der Waals surface area contributed by atoms with Crippen molar-refractivity contribution in [3.8, 4) is 0 Å². The van der Waals surface area contributed by atoms with Crippen LogP contribution >= 0.6 is 0 Å². The average Bonchev–Trinajstić information content (AvgIpc) is 2.45. The lowest BCUT2D eigenvalue weighted by atomic mass is 9.86. The van der Waals surface area contributed by atoms with Crippen LogP contribution in [-0.4, -0.2) is 23.7 Å². The number of amides is 1. The Morgan fingerprint density at radius 3 is 2.38 bits per heavy atom. The number of nitrogens with one attached hydrogen (secondary N) is 1. The second-order valence-corrected chi connectivity index (χ2v) is 6.16. The van der Waals surface area contributed by atoms with E-state index in [9.17, 15) is 4.79 Å². The van der Waals surface area contributed by atoms with Crippen LogP contribution in [0.15, 0.2) is 24.3 Å². The number of hydrogen-bond acceptors (Lipinski definition) is 2. The first-order valence-electron chi connectivity index (χ1n) is 7.74. The monoisotopic (exact) mass is 287 g/mol. The van der Waals surface area contributed by atoms with Crippen LogP contribution in [0.5, 0.6) is 0 Å². The number of benzene rings is 1. The van der Waals surface area contributed by atoms with E-state index >= 15 is 0 Å². The van der Waals surface area contributed by atoms with Gasteiger partial charge in [-0.05, 0) is 57.1 Å². The van der Waals surface area contributed by atoms with Gasteiger partial charge in [0.05, 0.1) is 0 Å². The molecule has 1 fully saturated rings. The third-order valence-corrected chi connectivity index (χ3v) is 4.12. The lowest BCUT2D eigenvalue weighted by molar-refractivity contribution is -0.117. The number of aliphatic hydroxyl groups is 1. The zero-order chi connectivity index (χ0) is 15.2. The van der Waals surface area contributed by atoms with E-state index in [0.717, 1.165) is 31.2 Å². The van der Waals surface area contributed by atoms with Gasteiger partial charge in [0.2, 0.25) is 5.91 Å². The zero-order valence-corrected chi connectivity index (χ0v) is 12.9. The highest BCUT2D eigenvalue weighted by Crippen LogP contribution is 2.23. The van der Waals surface area contributed by atoms with Crippen LogP contribution < -0.4 is 5.32 Å². The van der Waals surface area contributed by atoms with Gasteiger partial charge in [-0.1, -0.05) is 29.3 Å². The van der Waals surface area contributed by atoms with Gasteiger partial charge in [0.1, 0.15) is 0 Å². The number of aryl methyl sites for hydroxylation is 2. The summed E-state index contributed by atoms with van der Waals surface area (Å²) in [6, 6.07) is 6.52. The van der Waals surface area contributed by atoms with E-state index < -0.39 is 0 Å². The highest BCUT2D eigenvalue weighted by molar-refractivity contribution is 5.91. The van der Waals surface area contributed by atoms with Crippen molar-refractivity contribution >= 4 is 12.0 Å². The molecule has 0 saturated heterocycles. The molecule has 0 unspecified atom stereocenters. The Balaban J connectivity index is 1.85. The van der Waals surface area contributed by atoms with Crippen LogP contribution in [0.3, 0.4) is 0 Å². The molecule has 0 aliphatic heterocycles. The van der Waals surface area contributed by atoms with Gasteiger partial charge >= 0.3 is 0 Å². The number of carbonyl (C=O) groups excluding carboxylic acids is 1. The number of aliphatic hydroxyl groups excluding tert-OH is 1. The molecule has 1 saturated carbocycles. The van der Waals surface area contributed by atoms with Gasteiger partial charge in [0.15, 0.2) is 0 Å². The number of hydrogen-bond donors (Lipinski definition) is 2. The van der Waals surface area contributed by atoms with Gasteiger partial charge in [-0.3, -0.25) is 4.79 Å². The molecule has 21 heavy (non-hydrogen) atoms. The number of carbonyl (C=O) groups is 1. The predicted molar refractivity (Wildman–Crippen MR) is 85.9 cm³/mol. The van der Waals surface area contributed by atoms with Crippen molar-refractivity contribution in [2.24, 2.45) is 5.92 Å². The maximum atomic E-state index is 12.0. The van der Waals surface area contributed by atoms with Crippen molar-refractivity contribution in [1.29, 1.82) is 0 Å². The standard InChI is InChI=1S/C18H25NO2/c1-13-9-14(2)11-16(10-13)5-8-18(21)19-17-6-3-15(12-20)4-7-17/h5,8-11,15,17,20H,3-4,6-7,12H2,1-2H3,(H,19,21)/b8-5+. The molecule has 3 heteroatoms. The minimum Gasteiger partial charge on any atom is -0.396 e. The Labute approximate surface area is 127 Å². The largest absolute Gasteiger partial charge is 0.396 e. The average molecular weight is 287 g/mol. The topological polar surface area (TPSA) is 49.3 Å². The molecule has 0 atom stereocenters. The summed E-state index contributed by atoms with van der Waals surface area (Å²) in [5.41, 5.74) is 3.47.